The number of aromatic nitrogens is 1. The third kappa shape index (κ3) is 21.2. The lowest BCUT2D eigenvalue weighted by atomic mass is 9.82. The Balaban J connectivity index is 0.806. The van der Waals surface area contributed by atoms with Crippen LogP contribution in [0.2, 0.25) is 0 Å². The van der Waals surface area contributed by atoms with Gasteiger partial charge in [-0.1, -0.05) is 51.1 Å². The van der Waals surface area contributed by atoms with Gasteiger partial charge in [0.15, 0.2) is 0 Å². The molecule has 6 aromatic rings. The minimum absolute atomic E-state index is 0.165. The second-order valence-electron chi connectivity index (χ2n) is 22.4. The lowest BCUT2D eigenvalue weighted by Crippen LogP contribution is -2.27. The van der Waals surface area contributed by atoms with Crippen LogP contribution in [0, 0.1) is 23.7 Å². The van der Waals surface area contributed by atoms with Crippen LogP contribution in [0.1, 0.15) is 135 Å². The van der Waals surface area contributed by atoms with Crippen LogP contribution in [0.4, 0.5) is 0 Å². The summed E-state index contributed by atoms with van der Waals surface area (Å²) in [6, 6.07) is 35.1. The van der Waals surface area contributed by atoms with Crippen molar-refractivity contribution >= 4 is 57.3 Å². The average molecular weight is 1190 g/mol. The smallest absolute Gasteiger partial charge is 0.330 e. The standard InChI is InChI=1S/C71H85NO13S/c1-4-7-8-13-42-79-57-34-38-62(39-35-57)86-69-65-47-60(82-49-51-18-22-53(23-19-51)70(75)84-58-30-26-55(27-31-58)77-43-14-9-11-16-45-80-67(73)5-2)36-40-63(65)64-41-37-61(48-66(64)72-69)83-50-52-20-24-54(25-21-52)71(76)85-59-32-28-56(29-33-59)78-44-15-10-12-17-46-81-68(74)6-3/h5-6,26-41,47-48,51-54H,2-4,7-25,42-46,49-50H2,1H3. The number of hydrogen-bond donors (Lipinski definition) is 0. The van der Waals surface area contributed by atoms with Crippen molar-refractivity contribution in [1.82, 2.24) is 4.98 Å². The molecule has 15 heteroatoms. The first-order valence-electron chi connectivity index (χ1n) is 31.1. The summed E-state index contributed by atoms with van der Waals surface area (Å²) in [5.74, 6) is 3.95. The Bertz CT molecular complexity index is 3090. The number of ether oxygens (including phenoxy) is 9. The molecule has 8 rings (SSSR count). The fourth-order valence-electron chi connectivity index (χ4n) is 10.8. The van der Waals surface area contributed by atoms with E-state index in [1.807, 2.05) is 54.6 Å². The van der Waals surface area contributed by atoms with E-state index in [2.05, 4.69) is 50.4 Å². The Kier molecular flexibility index (Phi) is 26.4. The Hall–Kier alpha value is -7.52. The molecular formula is C71H85NO13S. The molecule has 0 atom stereocenters. The van der Waals surface area contributed by atoms with E-state index in [1.54, 1.807) is 36.0 Å². The predicted molar refractivity (Wildman–Crippen MR) is 336 cm³/mol. The van der Waals surface area contributed by atoms with Crippen LogP contribution in [0.15, 0.2) is 144 Å². The average Bonchev–Trinajstić information content (AvgIpc) is 1.09. The van der Waals surface area contributed by atoms with E-state index in [9.17, 15) is 19.2 Å². The highest BCUT2D eigenvalue weighted by molar-refractivity contribution is 7.99. The topological polar surface area (TPSA) is 164 Å². The van der Waals surface area contributed by atoms with E-state index in [0.29, 0.717) is 69.6 Å². The third-order valence-electron chi connectivity index (χ3n) is 15.9. The van der Waals surface area contributed by atoms with Crippen molar-refractivity contribution in [3.63, 3.8) is 0 Å². The van der Waals surface area contributed by atoms with Gasteiger partial charge in [-0.3, -0.25) is 9.59 Å². The van der Waals surface area contributed by atoms with Crippen molar-refractivity contribution in [3.05, 3.63) is 135 Å². The Morgan fingerprint density at radius 1 is 0.442 bits per heavy atom. The zero-order chi connectivity index (χ0) is 60.1. The number of benzene rings is 5. The molecule has 0 N–H and O–H groups in total. The van der Waals surface area contributed by atoms with Gasteiger partial charge in [0.1, 0.15) is 45.3 Å². The summed E-state index contributed by atoms with van der Waals surface area (Å²) in [5.41, 5.74) is 0.838. The Morgan fingerprint density at radius 2 is 0.837 bits per heavy atom. The van der Waals surface area contributed by atoms with Crippen LogP contribution < -0.4 is 33.2 Å². The minimum Gasteiger partial charge on any atom is -0.494 e. The molecule has 5 aromatic carbocycles. The summed E-state index contributed by atoms with van der Waals surface area (Å²) in [6.07, 6.45) is 20.6. The summed E-state index contributed by atoms with van der Waals surface area (Å²) < 4.78 is 52.5. The van der Waals surface area contributed by atoms with Crippen molar-refractivity contribution in [2.45, 2.75) is 145 Å². The van der Waals surface area contributed by atoms with Gasteiger partial charge in [-0.15, -0.1) is 0 Å². The molecule has 0 amide bonds. The molecule has 2 aliphatic rings. The molecule has 0 spiro atoms. The third-order valence-corrected chi connectivity index (χ3v) is 16.9. The quantitative estimate of drug-likeness (QED) is 0.0120. The fourth-order valence-corrected chi connectivity index (χ4v) is 11.7. The number of carbonyl (C=O) groups excluding carboxylic acids is 4. The molecule has 2 fully saturated rings. The molecule has 14 nitrogen and oxygen atoms in total. The first kappa shape index (κ1) is 64.5. The molecule has 86 heavy (non-hydrogen) atoms. The van der Waals surface area contributed by atoms with Crippen LogP contribution in [-0.4, -0.2) is 75.1 Å². The van der Waals surface area contributed by atoms with Gasteiger partial charge in [0.25, 0.3) is 0 Å². The predicted octanol–water partition coefficient (Wildman–Crippen LogP) is 16.4. The Morgan fingerprint density at radius 3 is 1.29 bits per heavy atom. The van der Waals surface area contributed by atoms with Crippen LogP contribution in [0.3, 0.4) is 0 Å². The van der Waals surface area contributed by atoms with E-state index in [1.165, 1.54) is 31.4 Å². The number of carbonyl (C=O) groups is 4. The number of nitrogens with zero attached hydrogens (tertiary/aromatic N) is 1. The van der Waals surface area contributed by atoms with Crippen LogP contribution >= 0.6 is 11.8 Å². The zero-order valence-corrected chi connectivity index (χ0v) is 50.8. The SMILES string of the molecule is C=CC(=O)OCCCCCCOc1ccc(OC(=O)C2CCC(COc3ccc4c(c3)nc(Sc3ccc(OCCCCCC)cc3)c3cc(OCC5CCC(C(=O)Oc6ccc(OCCCCCCOC(=O)C=C)cc6)CC5)ccc34)CC2)cc1. The number of pyridine rings is 1. The van der Waals surface area contributed by atoms with Gasteiger partial charge in [-0.25, -0.2) is 14.6 Å². The van der Waals surface area contributed by atoms with Crippen molar-refractivity contribution < 1.29 is 61.8 Å². The molecule has 0 aliphatic heterocycles. The fraction of sp³-hybridized carbons (Fsp3) is 0.451. The van der Waals surface area contributed by atoms with E-state index in [4.69, 9.17) is 47.6 Å². The molecule has 0 radical (unpaired) electrons. The highest BCUT2D eigenvalue weighted by Crippen LogP contribution is 2.40. The molecule has 0 unspecified atom stereocenters. The summed E-state index contributed by atoms with van der Waals surface area (Å²) in [4.78, 5) is 55.2. The van der Waals surface area contributed by atoms with E-state index in [0.717, 1.165) is 169 Å². The van der Waals surface area contributed by atoms with Crippen LogP contribution in [0.25, 0.3) is 21.7 Å². The second kappa shape index (κ2) is 35.2. The van der Waals surface area contributed by atoms with Gasteiger partial charge in [0.05, 0.1) is 63.6 Å². The molecule has 1 aromatic heterocycles. The number of fused-ring (bicyclic) bond motifs is 3. The number of hydrogen-bond acceptors (Lipinski definition) is 15. The normalized spacial score (nSPS) is 16.6. The second-order valence-corrected chi connectivity index (χ2v) is 23.5. The van der Waals surface area contributed by atoms with Gasteiger partial charge < -0.3 is 42.6 Å². The lowest BCUT2D eigenvalue weighted by molar-refractivity contribution is -0.141. The summed E-state index contributed by atoms with van der Waals surface area (Å²) in [7, 11) is 0. The highest BCUT2D eigenvalue weighted by atomic mass is 32.2. The van der Waals surface area contributed by atoms with Gasteiger partial charge in [-0.2, -0.15) is 0 Å². The maximum absolute atomic E-state index is 13.3. The first-order chi connectivity index (χ1) is 42.1. The van der Waals surface area contributed by atoms with Crippen molar-refractivity contribution in [3.8, 4) is 40.2 Å². The largest absolute Gasteiger partial charge is 0.494 e. The first-order valence-corrected chi connectivity index (χ1v) is 32.0. The van der Waals surface area contributed by atoms with Gasteiger partial charge in [-0.05, 0) is 230 Å². The minimum atomic E-state index is -0.392. The molecule has 0 bridgehead atoms. The number of unbranched alkanes of at least 4 members (excludes halogenated alkanes) is 9. The highest BCUT2D eigenvalue weighted by Gasteiger charge is 2.30. The van der Waals surface area contributed by atoms with Crippen LogP contribution in [-0.2, 0) is 28.7 Å². The molecule has 2 saturated carbocycles. The van der Waals surface area contributed by atoms with Crippen LogP contribution in [0.5, 0.6) is 40.2 Å². The molecule has 458 valence electrons. The van der Waals surface area contributed by atoms with Gasteiger partial charge in [0.2, 0.25) is 0 Å². The molecule has 0 saturated heterocycles. The monoisotopic (exact) mass is 1190 g/mol. The van der Waals surface area contributed by atoms with E-state index < -0.39 is 11.9 Å². The number of rotatable bonds is 36. The summed E-state index contributed by atoms with van der Waals surface area (Å²) >= 11 is 1.61. The molecular weight excluding hydrogens is 1110 g/mol. The van der Waals surface area contributed by atoms with Crippen molar-refractivity contribution in [2.24, 2.45) is 23.7 Å². The maximum atomic E-state index is 13.3. The molecule has 2 aliphatic carbocycles. The summed E-state index contributed by atoms with van der Waals surface area (Å²) in [6.45, 7) is 12.8. The summed E-state index contributed by atoms with van der Waals surface area (Å²) in [5, 5.41) is 3.94. The van der Waals surface area contributed by atoms with E-state index in [-0.39, 0.29) is 23.8 Å². The maximum Gasteiger partial charge on any atom is 0.330 e. The zero-order valence-electron chi connectivity index (χ0n) is 50.0. The van der Waals surface area contributed by atoms with Crippen molar-refractivity contribution in [1.29, 1.82) is 0 Å². The van der Waals surface area contributed by atoms with Crippen molar-refractivity contribution in [2.75, 3.05) is 46.2 Å². The lowest BCUT2D eigenvalue weighted by Gasteiger charge is -2.27. The van der Waals surface area contributed by atoms with E-state index >= 15 is 0 Å². The molecule has 1 heterocycles. The van der Waals surface area contributed by atoms with Gasteiger partial charge >= 0.3 is 23.9 Å². The Labute approximate surface area is 511 Å². The number of esters is 4. The van der Waals surface area contributed by atoms with Gasteiger partial charge in [0, 0.05) is 33.9 Å².